The minimum atomic E-state index is 0. The Bertz CT molecular complexity index is 382. The van der Waals surface area contributed by atoms with E-state index in [9.17, 15) is 0 Å². The van der Waals surface area contributed by atoms with Crippen LogP contribution in [-0.4, -0.2) is 29.0 Å². The highest BCUT2D eigenvalue weighted by Crippen LogP contribution is 2.37. The molecule has 1 aliphatic heterocycles. The number of aromatic nitrogens is 1. The molecule has 1 saturated heterocycles. The number of nitrogens with two attached hydrogens (primary N) is 1. The maximum absolute atomic E-state index is 6.14. The van der Waals surface area contributed by atoms with E-state index in [0.29, 0.717) is 6.04 Å². The van der Waals surface area contributed by atoms with Crippen LogP contribution in [0.5, 0.6) is 0 Å². The molecule has 3 atom stereocenters. The van der Waals surface area contributed by atoms with E-state index in [4.69, 9.17) is 5.73 Å². The van der Waals surface area contributed by atoms with E-state index >= 15 is 0 Å². The van der Waals surface area contributed by atoms with E-state index in [-0.39, 0.29) is 12.4 Å². The van der Waals surface area contributed by atoms with Gasteiger partial charge in [-0.05, 0) is 31.6 Å². The second-order valence-corrected chi connectivity index (χ2v) is 6.18. The summed E-state index contributed by atoms with van der Waals surface area (Å²) in [7, 11) is 0. The van der Waals surface area contributed by atoms with E-state index in [2.05, 4.69) is 22.2 Å². The summed E-state index contributed by atoms with van der Waals surface area (Å²) in [6.07, 6.45) is 2.57. The number of rotatable bonds is 2. The smallest absolute Gasteiger partial charge is 0.107 e. The summed E-state index contributed by atoms with van der Waals surface area (Å²) in [5.41, 5.74) is 7.29. The van der Waals surface area contributed by atoms with Gasteiger partial charge in [0.15, 0.2) is 0 Å². The number of fused-ring (bicyclic) bond motifs is 1. The number of halogens is 1. The van der Waals surface area contributed by atoms with E-state index in [1.165, 1.54) is 30.9 Å². The van der Waals surface area contributed by atoms with Crippen molar-refractivity contribution in [2.24, 2.45) is 17.6 Å². The summed E-state index contributed by atoms with van der Waals surface area (Å²) in [5, 5.41) is 3.39. The number of hydrogen-bond donors (Lipinski definition) is 1. The predicted molar refractivity (Wildman–Crippen MR) is 73.6 cm³/mol. The molecule has 0 spiro atoms. The SMILES string of the molecule is Cc1csc(CN2CC3CCC(N)C3C2)n1.Cl. The molecule has 3 nitrogen and oxygen atoms in total. The molecular weight excluding hydrogens is 254 g/mol. The van der Waals surface area contributed by atoms with Crippen LogP contribution in [0.3, 0.4) is 0 Å². The minimum absolute atomic E-state index is 0. The molecular formula is C12H20ClN3S. The average molecular weight is 274 g/mol. The molecule has 2 heterocycles. The van der Waals surface area contributed by atoms with Gasteiger partial charge in [-0.1, -0.05) is 0 Å². The number of hydrogen-bond acceptors (Lipinski definition) is 4. The third kappa shape index (κ3) is 2.65. The largest absolute Gasteiger partial charge is 0.327 e. The fourth-order valence-corrected chi connectivity index (χ4v) is 4.01. The maximum Gasteiger partial charge on any atom is 0.107 e. The van der Waals surface area contributed by atoms with Crippen molar-refractivity contribution >= 4 is 23.7 Å². The van der Waals surface area contributed by atoms with Gasteiger partial charge in [0.25, 0.3) is 0 Å². The zero-order valence-corrected chi connectivity index (χ0v) is 11.8. The third-order valence-corrected chi connectivity index (χ3v) is 4.96. The molecule has 2 fully saturated rings. The molecule has 3 unspecified atom stereocenters. The van der Waals surface area contributed by atoms with Gasteiger partial charge in [-0.3, -0.25) is 4.90 Å². The van der Waals surface area contributed by atoms with Crippen LogP contribution in [0, 0.1) is 18.8 Å². The summed E-state index contributed by atoms with van der Waals surface area (Å²) in [4.78, 5) is 7.07. The summed E-state index contributed by atoms with van der Waals surface area (Å²) in [6.45, 7) is 5.51. The first-order valence-electron chi connectivity index (χ1n) is 6.11. The molecule has 0 amide bonds. The highest BCUT2D eigenvalue weighted by atomic mass is 35.5. The van der Waals surface area contributed by atoms with Gasteiger partial charge in [-0.15, -0.1) is 23.7 Å². The Morgan fingerprint density at radius 1 is 1.47 bits per heavy atom. The summed E-state index contributed by atoms with van der Waals surface area (Å²) in [5.74, 6) is 1.61. The van der Waals surface area contributed by atoms with Crippen molar-refractivity contribution in [1.82, 2.24) is 9.88 Å². The van der Waals surface area contributed by atoms with Crippen molar-refractivity contribution in [2.45, 2.75) is 32.4 Å². The van der Waals surface area contributed by atoms with Gasteiger partial charge in [0.05, 0.1) is 6.54 Å². The van der Waals surface area contributed by atoms with Crippen LogP contribution < -0.4 is 5.73 Å². The van der Waals surface area contributed by atoms with Gasteiger partial charge in [-0.25, -0.2) is 4.98 Å². The fourth-order valence-electron chi connectivity index (χ4n) is 3.20. The third-order valence-electron chi connectivity index (χ3n) is 4.01. The Morgan fingerprint density at radius 3 is 2.94 bits per heavy atom. The maximum atomic E-state index is 6.14. The second kappa shape index (κ2) is 5.22. The van der Waals surface area contributed by atoms with Gasteiger partial charge in [0.1, 0.15) is 5.01 Å². The standard InChI is InChI=1S/C12H19N3S.ClH/c1-8-7-16-12(14-8)6-15-4-9-2-3-11(13)10(9)5-15;/h7,9-11H,2-6,13H2,1H3;1H. The lowest BCUT2D eigenvalue weighted by molar-refractivity contribution is 0.297. The van der Waals surface area contributed by atoms with Crippen LogP contribution in [0.2, 0.25) is 0 Å². The predicted octanol–water partition coefficient (Wildman–Crippen LogP) is 2.04. The topological polar surface area (TPSA) is 42.1 Å². The van der Waals surface area contributed by atoms with Crippen molar-refractivity contribution in [2.75, 3.05) is 13.1 Å². The normalized spacial score (nSPS) is 32.5. The molecule has 0 radical (unpaired) electrons. The molecule has 1 saturated carbocycles. The van der Waals surface area contributed by atoms with E-state index < -0.39 is 0 Å². The van der Waals surface area contributed by atoms with Crippen molar-refractivity contribution in [3.8, 4) is 0 Å². The Hall–Kier alpha value is -0.160. The van der Waals surface area contributed by atoms with E-state index in [1.807, 2.05) is 0 Å². The monoisotopic (exact) mass is 273 g/mol. The molecule has 0 aromatic carbocycles. The molecule has 1 aliphatic carbocycles. The number of likely N-dealkylation sites (tertiary alicyclic amines) is 1. The molecule has 5 heteroatoms. The minimum Gasteiger partial charge on any atom is -0.327 e. The molecule has 3 rings (SSSR count). The van der Waals surface area contributed by atoms with Crippen LogP contribution in [0.4, 0.5) is 0 Å². The Balaban J connectivity index is 0.00000108. The highest BCUT2D eigenvalue weighted by Gasteiger charge is 2.40. The van der Waals surface area contributed by atoms with Crippen molar-refractivity contribution in [1.29, 1.82) is 0 Å². The Kier molecular flexibility index (Phi) is 4.08. The second-order valence-electron chi connectivity index (χ2n) is 5.24. The summed E-state index contributed by atoms with van der Waals surface area (Å²) < 4.78 is 0. The van der Waals surface area contributed by atoms with Gasteiger partial charge >= 0.3 is 0 Å². The van der Waals surface area contributed by atoms with Crippen LogP contribution in [0.1, 0.15) is 23.5 Å². The molecule has 1 aromatic rings. The summed E-state index contributed by atoms with van der Waals surface area (Å²) >= 11 is 1.78. The molecule has 1 aromatic heterocycles. The Labute approximate surface area is 113 Å². The summed E-state index contributed by atoms with van der Waals surface area (Å²) in [6, 6.07) is 0.452. The van der Waals surface area contributed by atoms with Crippen LogP contribution in [0.25, 0.3) is 0 Å². The van der Waals surface area contributed by atoms with Crippen LogP contribution in [0.15, 0.2) is 5.38 Å². The van der Waals surface area contributed by atoms with E-state index in [0.717, 1.165) is 24.1 Å². The zero-order valence-electron chi connectivity index (χ0n) is 10.1. The number of nitrogens with zero attached hydrogens (tertiary/aromatic N) is 2. The van der Waals surface area contributed by atoms with Crippen molar-refractivity contribution in [3.05, 3.63) is 16.1 Å². The molecule has 96 valence electrons. The van der Waals surface area contributed by atoms with Crippen LogP contribution >= 0.6 is 23.7 Å². The average Bonchev–Trinajstić information content (AvgIpc) is 2.88. The first kappa shape index (κ1) is 13.3. The van der Waals surface area contributed by atoms with Crippen LogP contribution in [-0.2, 0) is 6.54 Å². The van der Waals surface area contributed by atoms with E-state index in [1.54, 1.807) is 11.3 Å². The first-order chi connectivity index (χ1) is 7.72. The molecule has 0 bridgehead atoms. The molecule has 17 heavy (non-hydrogen) atoms. The van der Waals surface area contributed by atoms with Crippen molar-refractivity contribution < 1.29 is 0 Å². The number of thiazole rings is 1. The van der Waals surface area contributed by atoms with Gasteiger partial charge in [-0.2, -0.15) is 0 Å². The number of aryl methyl sites for hydroxylation is 1. The lowest BCUT2D eigenvalue weighted by Crippen LogP contribution is -2.30. The lowest BCUT2D eigenvalue weighted by atomic mass is 9.98. The van der Waals surface area contributed by atoms with Crippen molar-refractivity contribution in [3.63, 3.8) is 0 Å². The Morgan fingerprint density at radius 2 is 2.29 bits per heavy atom. The molecule has 2 N–H and O–H groups in total. The van der Waals surface area contributed by atoms with Gasteiger partial charge in [0, 0.05) is 30.2 Å². The fraction of sp³-hybridized carbons (Fsp3) is 0.750. The molecule has 2 aliphatic rings. The highest BCUT2D eigenvalue weighted by molar-refractivity contribution is 7.09. The first-order valence-corrected chi connectivity index (χ1v) is 6.99. The lowest BCUT2D eigenvalue weighted by Gasteiger charge is -2.16. The van der Waals surface area contributed by atoms with Gasteiger partial charge in [0.2, 0.25) is 0 Å². The zero-order chi connectivity index (χ0) is 11.1. The quantitative estimate of drug-likeness (QED) is 0.897. The van der Waals surface area contributed by atoms with Gasteiger partial charge < -0.3 is 5.73 Å².